The molecule has 10 heteroatoms. The van der Waals surface area contributed by atoms with Gasteiger partial charge in [-0.3, -0.25) is 0 Å². The largest absolute Gasteiger partial charge is 0.497 e. The van der Waals surface area contributed by atoms with E-state index in [2.05, 4.69) is 5.32 Å². The van der Waals surface area contributed by atoms with E-state index < -0.39 is 23.7 Å². The Balaban J connectivity index is 0.000000604. The van der Waals surface area contributed by atoms with Crippen LogP contribution in [0.1, 0.15) is 23.7 Å². The number of carboxylic acids is 2. The average molecular weight is 479 g/mol. The van der Waals surface area contributed by atoms with Gasteiger partial charge < -0.3 is 25.0 Å². The van der Waals surface area contributed by atoms with Crippen LogP contribution in [0.3, 0.4) is 0 Å². The molecule has 3 rings (SSSR count). The molecule has 182 valence electrons. The summed E-state index contributed by atoms with van der Waals surface area (Å²) in [5.41, 5.74) is 0.277. The number of aliphatic carboxylic acids is 2. The Labute approximate surface area is 193 Å². The fraction of sp³-hybridized carbons (Fsp3) is 0.250. The molecule has 0 saturated heterocycles. The molecule has 0 aliphatic heterocycles. The molecule has 7 nitrogen and oxygen atoms in total. The third kappa shape index (κ3) is 7.66. The smallest absolute Gasteiger partial charge is 0.416 e. The van der Waals surface area contributed by atoms with Crippen LogP contribution in [0.25, 0.3) is 10.8 Å². The molecule has 0 spiro atoms. The first-order chi connectivity index (χ1) is 16.0. The van der Waals surface area contributed by atoms with Crippen LogP contribution in [0.5, 0.6) is 11.5 Å². The number of halogens is 3. The lowest BCUT2D eigenvalue weighted by Crippen LogP contribution is -2.16. The molecule has 0 fully saturated rings. The zero-order valence-electron chi connectivity index (χ0n) is 18.4. The maximum absolute atomic E-state index is 12.8. The van der Waals surface area contributed by atoms with Gasteiger partial charge in [-0.15, -0.1) is 0 Å². The minimum absolute atomic E-state index is 0.282. The molecule has 0 heterocycles. The maximum atomic E-state index is 12.8. The van der Waals surface area contributed by atoms with Gasteiger partial charge in [-0.1, -0.05) is 18.2 Å². The number of carbonyl (C=O) groups is 2. The molecular weight excluding hydrogens is 455 g/mol. The van der Waals surface area contributed by atoms with Crippen molar-refractivity contribution in [3.05, 3.63) is 71.8 Å². The molecule has 1 unspecified atom stereocenters. The van der Waals surface area contributed by atoms with Crippen molar-refractivity contribution in [3.63, 3.8) is 0 Å². The van der Waals surface area contributed by atoms with Crippen LogP contribution in [0, 0.1) is 0 Å². The summed E-state index contributed by atoms with van der Waals surface area (Å²) in [5.74, 6) is -2.46. The van der Waals surface area contributed by atoms with Gasteiger partial charge in [-0.25, -0.2) is 9.59 Å². The molecule has 34 heavy (non-hydrogen) atoms. The molecule has 0 amide bonds. The van der Waals surface area contributed by atoms with Crippen molar-refractivity contribution < 1.29 is 42.4 Å². The minimum Gasteiger partial charge on any atom is -0.497 e. The van der Waals surface area contributed by atoms with Crippen molar-refractivity contribution in [1.82, 2.24) is 5.32 Å². The van der Waals surface area contributed by atoms with Gasteiger partial charge in [0.2, 0.25) is 0 Å². The van der Waals surface area contributed by atoms with E-state index >= 15 is 0 Å². The van der Waals surface area contributed by atoms with Gasteiger partial charge in [0.15, 0.2) is 0 Å². The SMILES string of the molecule is CNCCC(Oc1ccc(C(F)(F)F)cc1)c1ccc2cc(OC)ccc2c1.O=C(O)C(=O)O. The summed E-state index contributed by atoms with van der Waals surface area (Å²) in [6.45, 7) is 0.714. The fourth-order valence-electron chi connectivity index (χ4n) is 3.03. The lowest BCUT2D eigenvalue weighted by Gasteiger charge is -2.20. The van der Waals surface area contributed by atoms with E-state index in [1.165, 1.54) is 12.1 Å². The van der Waals surface area contributed by atoms with Crippen molar-refractivity contribution in [2.24, 2.45) is 0 Å². The Hall–Kier alpha value is -3.79. The van der Waals surface area contributed by atoms with Crippen LogP contribution in [0.2, 0.25) is 0 Å². The first kappa shape index (κ1) is 26.5. The van der Waals surface area contributed by atoms with Crippen molar-refractivity contribution in [2.75, 3.05) is 20.7 Å². The fourth-order valence-corrected chi connectivity index (χ4v) is 3.03. The Morgan fingerprint density at radius 2 is 1.47 bits per heavy atom. The number of methoxy groups -OCH3 is 1. The van der Waals surface area contributed by atoms with Crippen LogP contribution in [-0.4, -0.2) is 42.9 Å². The molecule has 0 aliphatic carbocycles. The van der Waals surface area contributed by atoms with Gasteiger partial charge >= 0.3 is 18.1 Å². The highest BCUT2D eigenvalue weighted by Crippen LogP contribution is 2.32. The van der Waals surface area contributed by atoms with Crippen LogP contribution < -0.4 is 14.8 Å². The van der Waals surface area contributed by atoms with Crippen molar-refractivity contribution >= 4 is 22.7 Å². The van der Waals surface area contributed by atoms with Crippen molar-refractivity contribution in [1.29, 1.82) is 0 Å². The zero-order chi connectivity index (χ0) is 25.3. The first-order valence-corrected chi connectivity index (χ1v) is 10.1. The number of hydrogen-bond donors (Lipinski definition) is 3. The van der Waals surface area contributed by atoms with Crippen molar-refractivity contribution in [3.8, 4) is 11.5 Å². The van der Waals surface area contributed by atoms with E-state index in [1.807, 2.05) is 43.4 Å². The quantitative estimate of drug-likeness (QED) is 0.420. The average Bonchev–Trinajstić information content (AvgIpc) is 2.81. The predicted octanol–water partition coefficient (Wildman–Crippen LogP) is 4.75. The van der Waals surface area contributed by atoms with Crippen molar-refractivity contribution in [2.45, 2.75) is 18.7 Å². The normalized spacial score (nSPS) is 11.8. The Morgan fingerprint density at radius 3 is 2.00 bits per heavy atom. The lowest BCUT2D eigenvalue weighted by atomic mass is 10.0. The van der Waals surface area contributed by atoms with E-state index in [1.54, 1.807) is 7.11 Å². The predicted molar refractivity (Wildman–Crippen MR) is 119 cm³/mol. The summed E-state index contributed by atoms with van der Waals surface area (Å²) in [4.78, 5) is 18.2. The number of benzene rings is 3. The molecule has 0 aliphatic rings. The summed E-state index contributed by atoms with van der Waals surface area (Å²) in [6.07, 6.45) is -3.96. The second-order valence-corrected chi connectivity index (χ2v) is 7.10. The maximum Gasteiger partial charge on any atom is 0.416 e. The van der Waals surface area contributed by atoms with Gasteiger partial charge in [0.25, 0.3) is 0 Å². The molecular formula is C24H24F3NO6. The summed E-state index contributed by atoms with van der Waals surface area (Å²) >= 11 is 0. The Bertz CT molecular complexity index is 1100. The van der Waals surface area contributed by atoms with Gasteiger partial charge in [-0.2, -0.15) is 13.2 Å². The zero-order valence-corrected chi connectivity index (χ0v) is 18.4. The number of rotatable bonds is 7. The second kappa shape index (κ2) is 11.9. The molecule has 0 saturated carbocycles. The van der Waals surface area contributed by atoms with Crippen LogP contribution in [0.4, 0.5) is 13.2 Å². The highest BCUT2D eigenvalue weighted by Gasteiger charge is 2.30. The molecule has 3 N–H and O–H groups in total. The number of ether oxygens (including phenoxy) is 2. The van der Waals surface area contributed by atoms with E-state index in [9.17, 15) is 13.2 Å². The molecule has 0 radical (unpaired) electrons. The number of nitrogens with one attached hydrogen (secondary N) is 1. The third-order valence-corrected chi connectivity index (χ3v) is 4.74. The number of hydrogen-bond acceptors (Lipinski definition) is 5. The minimum atomic E-state index is -4.36. The van der Waals surface area contributed by atoms with Gasteiger partial charge in [-0.05, 0) is 72.4 Å². The number of fused-ring (bicyclic) bond motifs is 1. The molecule has 0 bridgehead atoms. The van der Waals surface area contributed by atoms with Gasteiger partial charge in [0, 0.05) is 6.42 Å². The standard InChI is InChI=1S/C22H22F3NO2.C2H2O4/c1-26-12-11-21(28-19-9-6-18(7-10-19)22(23,24)25)17-4-3-16-14-20(27-2)8-5-15(16)13-17;3-1(4)2(5)6/h3-10,13-14,21,26H,11-12H2,1-2H3;(H,3,4)(H,5,6). The molecule has 1 atom stereocenters. The highest BCUT2D eigenvalue weighted by atomic mass is 19.4. The Kier molecular flexibility index (Phi) is 9.26. The highest BCUT2D eigenvalue weighted by molar-refractivity contribution is 6.27. The molecule has 0 aromatic heterocycles. The molecule has 3 aromatic carbocycles. The third-order valence-electron chi connectivity index (χ3n) is 4.74. The monoisotopic (exact) mass is 479 g/mol. The lowest BCUT2D eigenvalue weighted by molar-refractivity contribution is -0.159. The topological polar surface area (TPSA) is 105 Å². The van der Waals surface area contributed by atoms with E-state index in [0.29, 0.717) is 18.7 Å². The number of carboxylic acid groups (broad SMARTS) is 2. The summed E-state index contributed by atoms with van der Waals surface area (Å²) in [5, 5.41) is 20.0. The van der Waals surface area contributed by atoms with E-state index in [0.717, 1.165) is 34.2 Å². The second-order valence-electron chi connectivity index (χ2n) is 7.10. The van der Waals surface area contributed by atoms with E-state index in [4.69, 9.17) is 29.3 Å². The van der Waals surface area contributed by atoms with E-state index in [-0.39, 0.29) is 6.10 Å². The van der Waals surface area contributed by atoms with Crippen LogP contribution in [0.15, 0.2) is 60.7 Å². The number of alkyl halides is 3. The van der Waals surface area contributed by atoms with Gasteiger partial charge in [0.05, 0.1) is 12.7 Å². The summed E-state index contributed by atoms with van der Waals surface area (Å²) in [6, 6.07) is 16.6. The van der Waals surface area contributed by atoms with Crippen LogP contribution >= 0.6 is 0 Å². The Morgan fingerprint density at radius 1 is 0.912 bits per heavy atom. The van der Waals surface area contributed by atoms with Crippen LogP contribution in [-0.2, 0) is 15.8 Å². The summed E-state index contributed by atoms with van der Waals surface area (Å²) in [7, 11) is 3.48. The first-order valence-electron chi connectivity index (χ1n) is 10.1. The summed E-state index contributed by atoms with van der Waals surface area (Å²) < 4.78 is 49.6. The van der Waals surface area contributed by atoms with Gasteiger partial charge in [0.1, 0.15) is 17.6 Å². The molecule has 3 aromatic rings.